The van der Waals surface area contributed by atoms with Crippen LogP contribution in [0.3, 0.4) is 0 Å². The molecule has 0 saturated heterocycles. The molecule has 0 aliphatic rings. The molecule has 0 bridgehead atoms. The predicted molar refractivity (Wildman–Crippen MR) is 120 cm³/mol. The van der Waals surface area contributed by atoms with Crippen molar-refractivity contribution < 1.29 is 61.3 Å². The summed E-state index contributed by atoms with van der Waals surface area (Å²) < 4.78 is 0. The molecule has 0 N–H and O–H groups in total. The van der Waals surface area contributed by atoms with E-state index in [2.05, 4.69) is 25.7 Å². The summed E-state index contributed by atoms with van der Waals surface area (Å²) in [5.41, 5.74) is 0. The minimum Gasteiger partial charge on any atom is -0.550 e. The molecule has 0 aromatic carbocycles. The summed E-state index contributed by atoms with van der Waals surface area (Å²) in [6, 6.07) is 0.541. The molecule has 0 rings (SSSR count). The van der Waals surface area contributed by atoms with E-state index in [1.807, 2.05) is 0 Å². The van der Waals surface area contributed by atoms with Crippen molar-refractivity contribution in [3.8, 4) is 0 Å². The van der Waals surface area contributed by atoms with Crippen molar-refractivity contribution in [1.29, 1.82) is 0 Å². The molecule has 168 valence electrons. The number of carbonyl (C=O) groups excluding carboxylic acids is 1. The van der Waals surface area contributed by atoms with Crippen LogP contribution >= 0.6 is 0 Å². The minimum atomic E-state index is -0.902. The van der Waals surface area contributed by atoms with Crippen LogP contribution in [0.2, 0.25) is 0 Å². The maximum atomic E-state index is 10.8. The van der Waals surface area contributed by atoms with Gasteiger partial charge in [0, 0.05) is 12.0 Å². The molecule has 0 aromatic heterocycles. The van der Waals surface area contributed by atoms with Crippen LogP contribution in [0.25, 0.3) is 0 Å². The van der Waals surface area contributed by atoms with Crippen molar-refractivity contribution in [2.45, 2.75) is 142 Å². The fourth-order valence-corrected chi connectivity index (χ4v) is 4.15. The number of carboxylic acids is 1. The maximum Gasteiger partial charge on any atom is 1.00 e. The number of carboxylic acid groups (broad SMARTS) is 1. The van der Waals surface area contributed by atoms with Crippen molar-refractivity contribution >= 4 is 5.97 Å². The Labute approximate surface area is 225 Å². The number of hydrogen-bond acceptors (Lipinski definition) is 3. The topological polar surface area (TPSA) is 43.4 Å². The van der Waals surface area contributed by atoms with E-state index in [1.165, 1.54) is 103 Å². The van der Waals surface area contributed by atoms with Crippen LogP contribution in [-0.4, -0.2) is 30.0 Å². The Morgan fingerprint density at radius 1 is 0.690 bits per heavy atom. The van der Waals surface area contributed by atoms with Crippen LogP contribution < -0.4 is 56.5 Å². The molecule has 0 spiro atoms. The number of aliphatic carboxylic acids is 1. The van der Waals surface area contributed by atoms with Gasteiger partial charge >= 0.3 is 51.4 Å². The molecule has 0 amide bonds. The molecule has 0 radical (unpaired) electrons. The van der Waals surface area contributed by atoms with E-state index < -0.39 is 5.97 Å². The van der Waals surface area contributed by atoms with Gasteiger partial charge in [-0.15, -0.1) is 0 Å². The van der Waals surface area contributed by atoms with Gasteiger partial charge in [0.15, 0.2) is 0 Å². The van der Waals surface area contributed by atoms with Crippen molar-refractivity contribution in [3.63, 3.8) is 0 Å². The molecule has 1 atom stereocenters. The zero-order valence-corrected chi connectivity index (χ0v) is 23.6. The first-order valence-corrected chi connectivity index (χ1v) is 12.6. The second-order valence-electron chi connectivity index (χ2n) is 8.60. The Kier molecular flexibility index (Phi) is 28.2. The summed E-state index contributed by atoms with van der Waals surface area (Å²) in [4.78, 5) is 13.4. The van der Waals surface area contributed by atoms with Crippen LogP contribution in [0.4, 0.5) is 0 Å². The molecular formula is C25H50KNO2. The first kappa shape index (κ1) is 32.2. The minimum absolute atomic E-state index is 0. The van der Waals surface area contributed by atoms with E-state index in [9.17, 15) is 9.90 Å². The second-order valence-corrected chi connectivity index (χ2v) is 8.60. The Balaban J connectivity index is 0. The van der Waals surface area contributed by atoms with E-state index in [-0.39, 0.29) is 57.8 Å². The van der Waals surface area contributed by atoms with Crippen LogP contribution in [0.1, 0.15) is 136 Å². The molecule has 3 nitrogen and oxygen atoms in total. The number of rotatable bonds is 22. The Hall–Kier alpha value is 1.07. The zero-order valence-electron chi connectivity index (χ0n) is 20.5. The van der Waals surface area contributed by atoms with Gasteiger partial charge in [-0.1, -0.05) is 97.8 Å². The summed E-state index contributed by atoms with van der Waals surface area (Å²) in [6.07, 6.45) is 22.0. The van der Waals surface area contributed by atoms with Crippen molar-refractivity contribution in [2.24, 2.45) is 0 Å². The summed E-state index contributed by atoms with van der Waals surface area (Å²) in [5.74, 6) is -0.902. The third-order valence-electron chi connectivity index (χ3n) is 6.00. The van der Waals surface area contributed by atoms with Crippen molar-refractivity contribution in [1.82, 2.24) is 4.90 Å². The summed E-state index contributed by atoms with van der Waals surface area (Å²) >= 11 is 0. The van der Waals surface area contributed by atoms with Gasteiger partial charge < -0.3 is 14.8 Å². The molecule has 0 saturated carbocycles. The summed E-state index contributed by atoms with van der Waals surface area (Å²) in [6.45, 7) is 9.17. The van der Waals surface area contributed by atoms with E-state index in [0.717, 1.165) is 19.3 Å². The molecule has 4 heteroatoms. The molecule has 0 heterocycles. The first-order chi connectivity index (χ1) is 13.7. The molecule has 0 aliphatic carbocycles. The molecule has 29 heavy (non-hydrogen) atoms. The van der Waals surface area contributed by atoms with Gasteiger partial charge in [-0.25, -0.2) is 0 Å². The van der Waals surface area contributed by atoms with Crippen LogP contribution in [-0.2, 0) is 4.79 Å². The quantitative estimate of drug-likeness (QED) is 0.193. The molecule has 0 aromatic rings. The molecule has 0 aliphatic heterocycles. The summed E-state index contributed by atoms with van der Waals surface area (Å²) in [7, 11) is 0. The molecule has 1 unspecified atom stereocenters. The summed E-state index contributed by atoms with van der Waals surface area (Å²) in [5, 5.41) is 10.8. The molecule has 0 fully saturated rings. The van der Waals surface area contributed by atoms with Gasteiger partial charge in [-0.2, -0.15) is 0 Å². The standard InChI is InChI=1S/C25H51NO2.K/c1-4-7-9-11-13-15-17-22-26(23-18-16-14-12-10-8-5-2)24(6-3)20-19-21-25(27)28;/h24H,4-23H2,1-3H3,(H,27,28);/q;+1/p-1. The van der Waals surface area contributed by atoms with Crippen LogP contribution in [0.5, 0.6) is 0 Å². The fraction of sp³-hybridized carbons (Fsp3) is 0.960. The predicted octanol–water partition coefficient (Wildman–Crippen LogP) is 3.49. The number of hydrogen-bond donors (Lipinski definition) is 0. The SMILES string of the molecule is CCCCCCCCCN(CCCCCCCCC)C(CC)CCCC(=O)[O-].[K+]. The average molecular weight is 436 g/mol. The van der Waals surface area contributed by atoms with Gasteiger partial charge in [0.2, 0.25) is 0 Å². The number of nitrogens with zero attached hydrogens (tertiary/aromatic N) is 1. The number of unbranched alkanes of at least 4 members (excludes halogenated alkanes) is 12. The van der Waals surface area contributed by atoms with E-state index >= 15 is 0 Å². The Morgan fingerprint density at radius 3 is 1.48 bits per heavy atom. The smallest absolute Gasteiger partial charge is 0.550 e. The normalized spacial score (nSPS) is 12.1. The monoisotopic (exact) mass is 435 g/mol. The van der Waals surface area contributed by atoms with Gasteiger partial charge in [-0.3, -0.25) is 0 Å². The average Bonchev–Trinajstić information content (AvgIpc) is 2.68. The largest absolute Gasteiger partial charge is 1.00 e. The van der Waals surface area contributed by atoms with E-state index in [0.29, 0.717) is 6.04 Å². The van der Waals surface area contributed by atoms with Gasteiger partial charge in [-0.05, 0) is 51.6 Å². The first-order valence-electron chi connectivity index (χ1n) is 12.6. The third kappa shape index (κ3) is 22.1. The Bertz CT molecular complexity index is 321. The van der Waals surface area contributed by atoms with Crippen LogP contribution in [0.15, 0.2) is 0 Å². The fourth-order valence-electron chi connectivity index (χ4n) is 4.15. The van der Waals surface area contributed by atoms with Crippen molar-refractivity contribution in [3.05, 3.63) is 0 Å². The molecular weight excluding hydrogens is 385 g/mol. The zero-order chi connectivity index (χ0) is 20.9. The van der Waals surface area contributed by atoms with Crippen molar-refractivity contribution in [2.75, 3.05) is 13.1 Å². The van der Waals surface area contributed by atoms with Crippen LogP contribution in [0, 0.1) is 0 Å². The van der Waals surface area contributed by atoms with Gasteiger partial charge in [0.1, 0.15) is 0 Å². The Morgan fingerprint density at radius 2 is 1.10 bits per heavy atom. The van der Waals surface area contributed by atoms with E-state index in [1.54, 1.807) is 0 Å². The van der Waals surface area contributed by atoms with E-state index in [4.69, 9.17) is 0 Å². The third-order valence-corrected chi connectivity index (χ3v) is 6.00. The maximum absolute atomic E-state index is 10.8. The van der Waals surface area contributed by atoms with Gasteiger partial charge in [0.25, 0.3) is 0 Å². The number of carbonyl (C=O) groups is 1. The van der Waals surface area contributed by atoms with Gasteiger partial charge in [0.05, 0.1) is 0 Å². The second kappa shape index (κ2) is 25.3.